The predicted octanol–water partition coefficient (Wildman–Crippen LogP) is 1.23. The van der Waals surface area contributed by atoms with Gasteiger partial charge in [0.25, 0.3) is 0 Å². The lowest BCUT2D eigenvalue weighted by atomic mass is 10.0. The van der Waals surface area contributed by atoms with E-state index >= 15 is 0 Å². The zero-order chi connectivity index (χ0) is 10.1. The van der Waals surface area contributed by atoms with E-state index < -0.39 is 0 Å². The molecular weight excluding hydrogens is 170 g/mol. The molecule has 1 unspecified atom stereocenters. The molecule has 0 radical (unpaired) electrons. The number of hydrogen-bond donors (Lipinski definition) is 1. The van der Waals surface area contributed by atoms with Crippen molar-refractivity contribution in [3.05, 3.63) is 0 Å². The highest BCUT2D eigenvalue weighted by Crippen LogP contribution is 2.08. The summed E-state index contributed by atoms with van der Waals surface area (Å²) < 4.78 is 0. The molecular formula is C9H17NO3. The Kier molecular flexibility index (Phi) is 7.20. The summed E-state index contributed by atoms with van der Waals surface area (Å²) in [4.78, 5) is 20.5. The standard InChI is InChI=1S/C9H17NO3/c1-2-3-4-5-9(7-11)6-10(13)8-12/h7-9,13H,2-6H2,1H3. The Labute approximate surface area is 78.5 Å². The summed E-state index contributed by atoms with van der Waals surface area (Å²) >= 11 is 0. The number of hydroxylamine groups is 2. The van der Waals surface area contributed by atoms with Crippen LogP contribution in [0, 0.1) is 5.92 Å². The van der Waals surface area contributed by atoms with Crippen molar-refractivity contribution < 1.29 is 14.8 Å². The van der Waals surface area contributed by atoms with E-state index in [2.05, 4.69) is 6.92 Å². The van der Waals surface area contributed by atoms with Crippen LogP contribution in [0.4, 0.5) is 0 Å². The van der Waals surface area contributed by atoms with Crippen LogP contribution in [0.5, 0.6) is 0 Å². The fraction of sp³-hybridized carbons (Fsp3) is 0.778. The fourth-order valence-electron chi connectivity index (χ4n) is 1.14. The topological polar surface area (TPSA) is 57.6 Å². The number of carbonyl (C=O) groups excluding carboxylic acids is 2. The average molecular weight is 187 g/mol. The van der Waals surface area contributed by atoms with Crippen LogP contribution in [-0.4, -0.2) is 29.5 Å². The summed E-state index contributed by atoms with van der Waals surface area (Å²) in [6.45, 7) is 2.19. The van der Waals surface area contributed by atoms with E-state index in [1.807, 2.05) is 0 Å². The van der Waals surface area contributed by atoms with E-state index in [0.717, 1.165) is 32.0 Å². The number of unbranched alkanes of at least 4 members (excludes halogenated alkanes) is 2. The molecule has 0 aromatic rings. The summed E-state index contributed by atoms with van der Waals surface area (Å²) in [6, 6.07) is 0. The molecule has 0 heterocycles. The lowest BCUT2D eigenvalue weighted by molar-refractivity contribution is -0.153. The van der Waals surface area contributed by atoms with Gasteiger partial charge in [-0.2, -0.15) is 0 Å². The quantitative estimate of drug-likeness (QED) is 0.269. The van der Waals surface area contributed by atoms with Crippen LogP contribution >= 0.6 is 0 Å². The molecule has 0 rings (SSSR count). The number of hydrogen-bond acceptors (Lipinski definition) is 3. The van der Waals surface area contributed by atoms with E-state index in [1.165, 1.54) is 0 Å². The second kappa shape index (κ2) is 7.73. The summed E-state index contributed by atoms with van der Waals surface area (Å²) in [6.07, 6.45) is 4.99. The van der Waals surface area contributed by atoms with E-state index in [0.29, 0.717) is 11.5 Å². The molecule has 0 aliphatic carbocycles. The normalized spacial score (nSPS) is 12.2. The molecule has 0 aliphatic rings. The highest BCUT2D eigenvalue weighted by molar-refractivity contribution is 5.55. The Balaban J connectivity index is 3.62. The van der Waals surface area contributed by atoms with E-state index in [4.69, 9.17) is 5.21 Å². The molecule has 1 amide bonds. The second-order valence-corrected chi connectivity index (χ2v) is 3.12. The first-order valence-corrected chi connectivity index (χ1v) is 4.60. The van der Waals surface area contributed by atoms with Gasteiger partial charge in [0, 0.05) is 5.92 Å². The van der Waals surface area contributed by atoms with Crippen LogP contribution in [0.3, 0.4) is 0 Å². The predicted molar refractivity (Wildman–Crippen MR) is 48.3 cm³/mol. The molecule has 4 heteroatoms. The maximum atomic E-state index is 10.5. The van der Waals surface area contributed by atoms with Gasteiger partial charge >= 0.3 is 0 Å². The maximum absolute atomic E-state index is 10.5. The Morgan fingerprint density at radius 1 is 1.38 bits per heavy atom. The zero-order valence-electron chi connectivity index (χ0n) is 7.98. The molecule has 0 saturated heterocycles. The molecule has 4 nitrogen and oxygen atoms in total. The molecule has 13 heavy (non-hydrogen) atoms. The first kappa shape index (κ1) is 12.1. The number of carbonyl (C=O) groups is 2. The Morgan fingerprint density at radius 3 is 2.54 bits per heavy atom. The van der Waals surface area contributed by atoms with Crippen molar-refractivity contribution in [1.82, 2.24) is 5.06 Å². The largest absolute Gasteiger partial charge is 0.303 e. The second-order valence-electron chi connectivity index (χ2n) is 3.12. The monoisotopic (exact) mass is 187 g/mol. The molecule has 0 aromatic carbocycles. The van der Waals surface area contributed by atoms with Crippen LogP contribution in [0.1, 0.15) is 32.6 Å². The van der Waals surface area contributed by atoms with Gasteiger partial charge in [0.05, 0.1) is 6.54 Å². The van der Waals surface area contributed by atoms with Gasteiger partial charge in [-0.25, -0.2) is 5.06 Å². The minimum Gasteiger partial charge on any atom is -0.303 e. The summed E-state index contributed by atoms with van der Waals surface area (Å²) in [5.41, 5.74) is 0. The first-order valence-electron chi connectivity index (χ1n) is 4.60. The minimum absolute atomic E-state index is 0.108. The molecule has 1 N–H and O–H groups in total. The lowest BCUT2D eigenvalue weighted by Crippen LogP contribution is -2.25. The molecule has 0 spiro atoms. The molecule has 0 bridgehead atoms. The lowest BCUT2D eigenvalue weighted by Gasteiger charge is -2.13. The smallest absolute Gasteiger partial charge is 0.233 e. The zero-order valence-corrected chi connectivity index (χ0v) is 7.98. The Hall–Kier alpha value is -0.900. The van der Waals surface area contributed by atoms with Gasteiger partial charge in [-0.05, 0) is 6.42 Å². The van der Waals surface area contributed by atoms with E-state index in [1.54, 1.807) is 0 Å². The molecule has 0 saturated carbocycles. The third-order valence-electron chi connectivity index (χ3n) is 1.91. The van der Waals surface area contributed by atoms with Gasteiger partial charge in [-0.1, -0.05) is 26.2 Å². The Morgan fingerprint density at radius 2 is 2.08 bits per heavy atom. The third kappa shape index (κ3) is 6.28. The molecule has 0 aliphatic heterocycles. The van der Waals surface area contributed by atoms with Gasteiger partial charge in [-0.15, -0.1) is 0 Å². The van der Waals surface area contributed by atoms with Crippen molar-refractivity contribution in [3.63, 3.8) is 0 Å². The summed E-state index contributed by atoms with van der Waals surface area (Å²) in [7, 11) is 0. The van der Waals surface area contributed by atoms with Gasteiger partial charge in [-0.3, -0.25) is 10.0 Å². The van der Waals surface area contributed by atoms with Crippen molar-refractivity contribution in [3.8, 4) is 0 Å². The van der Waals surface area contributed by atoms with Crippen molar-refractivity contribution in [2.75, 3.05) is 6.54 Å². The highest BCUT2D eigenvalue weighted by Gasteiger charge is 2.09. The van der Waals surface area contributed by atoms with Gasteiger partial charge in [0.2, 0.25) is 6.41 Å². The minimum atomic E-state index is -0.234. The van der Waals surface area contributed by atoms with E-state index in [-0.39, 0.29) is 12.5 Å². The van der Waals surface area contributed by atoms with Crippen LogP contribution in [0.25, 0.3) is 0 Å². The van der Waals surface area contributed by atoms with Crippen molar-refractivity contribution in [2.45, 2.75) is 32.6 Å². The van der Waals surface area contributed by atoms with Crippen molar-refractivity contribution in [1.29, 1.82) is 0 Å². The van der Waals surface area contributed by atoms with Crippen LogP contribution in [0.2, 0.25) is 0 Å². The van der Waals surface area contributed by atoms with Gasteiger partial charge in [0.15, 0.2) is 0 Å². The molecule has 76 valence electrons. The molecule has 1 atom stereocenters. The number of amides is 1. The number of nitrogens with zero attached hydrogens (tertiary/aromatic N) is 1. The Bertz CT molecular complexity index is 150. The van der Waals surface area contributed by atoms with Crippen LogP contribution < -0.4 is 0 Å². The fourth-order valence-corrected chi connectivity index (χ4v) is 1.14. The highest BCUT2D eigenvalue weighted by atomic mass is 16.5. The van der Waals surface area contributed by atoms with Gasteiger partial charge < -0.3 is 4.79 Å². The average Bonchev–Trinajstić information content (AvgIpc) is 2.16. The SMILES string of the molecule is CCCCCC(C=O)CN(O)C=O. The van der Waals surface area contributed by atoms with Crippen LogP contribution in [0.15, 0.2) is 0 Å². The summed E-state index contributed by atoms with van der Waals surface area (Å²) in [5, 5.41) is 9.34. The third-order valence-corrected chi connectivity index (χ3v) is 1.91. The van der Waals surface area contributed by atoms with Crippen molar-refractivity contribution in [2.24, 2.45) is 5.92 Å². The van der Waals surface area contributed by atoms with Crippen LogP contribution in [-0.2, 0) is 9.59 Å². The molecule has 0 aromatic heterocycles. The van der Waals surface area contributed by atoms with Gasteiger partial charge in [0.1, 0.15) is 6.29 Å². The number of rotatable bonds is 8. The van der Waals surface area contributed by atoms with Crippen molar-refractivity contribution >= 4 is 12.7 Å². The maximum Gasteiger partial charge on any atom is 0.233 e. The number of aldehydes is 1. The molecule has 0 fully saturated rings. The first-order chi connectivity index (χ1) is 6.24. The summed E-state index contributed by atoms with van der Waals surface area (Å²) in [5.74, 6) is -0.234. The van der Waals surface area contributed by atoms with E-state index in [9.17, 15) is 9.59 Å².